The quantitative estimate of drug-likeness (QED) is 0.835. The van der Waals surface area contributed by atoms with Crippen LogP contribution in [0.15, 0.2) is 22.7 Å². The first kappa shape index (κ1) is 9.31. The molecule has 1 aliphatic heterocycles. The van der Waals surface area contributed by atoms with Crippen LogP contribution in [0.3, 0.4) is 0 Å². The summed E-state index contributed by atoms with van der Waals surface area (Å²) in [6, 6.07) is 5.88. The van der Waals surface area contributed by atoms with Crippen LogP contribution in [-0.4, -0.2) is 19.8 Å². The van der Waals surface area contributed by atoms with E-state index in [0.717, 1.165) is 29.3 Å². The molecule has 0 spiro atoms. The van der Waals surface area contributed by atoms with Crippen LogP contribution in [0, 0.1) is 0 Å². The van der Waals surface area contributed by atoms with Crippen molar-refractivity contribution in [1.29, 1.82) is 0 Å². The van der Waals surface area contributed by atoms with E-state index >= 15 is 0 Å². The lowest BCUT2D eigenvalue weighted by molar-refractivity contribution is 0.854. The van der Waals surface area contributed by atoms with Crippen LogP contribution in [0.2, 0.25) is 5.02 Å². The maximum Gasteiger partial charge on any atom is 0.0683 e. The zero-order valence-electron chi connectivity index (χ0n) is 7.06. The number of hydrogen-bond donors (Lipinski definition) is 1. The summed E-state index contributed by atoms with van der Waals surface area (Å²) in [6.45, 7) is 3.02. The van der Waals surface area contributed by atoms with E-state index in [2.05, 4.69) is 26.1 Å². The van der Waals surface area contributed by atoms with Crippen molar-refractivity contribution in [3.05, 3.63) is 27.7 Å². The van der Waals surface area contributed by atoms with Gasteiger partial charge in [-0.25, -0.2) is 0 Å². The lowest BCUT2D eigenvalue weighted by atomic mass is 10.3. The van der Waals surface area contributed by atoms with Crippen molar-refractivity contribution in [2.75, 3.05) is 24.7 Å². The van der Waals surface area contributed by atoms with Crippen LogP contribution in [0.5, 0.6) is 0 Å². The van der Waals surface area contributed by atoms with E-state index in [0.29, 0.717) is 0 Å². The molecule has 0 saturated carbocycles. The van der Waals surface area contributed by atoms with Gasteiger partial charge in [0.1, 0.15) is 0 Å². The standard InChI is InChI=1S/C9H10BrClN2/c10-8-5-7(11)1-2-9(8)13-4-3-12-6-13/h1-2,5,12H,3-4,6H2. The second-order valence-corrected chi connectivity index (χ2v) is 4.31. The maximum atomic E-state index is 5.86. The molecule has 13 heavy (non-hydrogen) atoms. The van der Waals surface area contributed by atoms with Crippen molar-refractivity contribution >= 4 is 33.2 Å². The van der Waals surface area contributed by atoms with E-state index in [1.807, 2.05) is 18.2 Å². The Morgan fingerprint density at radius 2 is 2.31 bits per heavy atom. The summed E-state index contributed by atoms with van der Waals surface area (Å²) in [6.07, 6.45) is 0. The average molecular weight is 262 g/mol. The SMILES string of the molecule is Clc1ccc(N2CCNC2)c(Br)c1. The first-order valence-corrected chi connectivity index (χ1v) is 5.35. The Kier molecular flexibility index (Phi) is 2.77. The van der Waals surface area contributed by atoms with Gasteiger partial charge in [0.15, 0.2) is 0 Å². The predicted molar refractivity (Wildman–Crippen MR) is 59.4 cm³/mol. The van der Waals surface area contributed by atoms with Gasteiger partial charge in [-0.05, 0) is 34.1 Å². The van der Waals surface area contributed by atoms with Gasteiger partial charge in [0.2, 0.25) is 0 Å². The highest BCUT2D eigenvalue weighted by atomic mass is 79.9. The van der Waals surface area contributed by atoms with Gasteiger partial charge in [0.05, 0.1) is 12.4 Å². The van der Waals surface area contributed by atoms with Gasteiger partial charge < -0.3 is 4.90 Å². The fourth-order valence-corrected chi connectivity index (χ4v) is 2.38. The zero-order chi connectivity index (χ0) is 9.26. The molecule has 0 radical (unpaired) electrons. The van der Waals surface area contributed by atoms with Gasteiger partial charge in [-0.3, -0.25) is 5.32 Å². The Morgan fingerprint density at radius 3 is 2.92 bits per heavy atom. The largest absolute Gasteiger partial charge is 0.357 e. The number of anilines is 1. The van der Waals surface area contributed by atoms with Crippen molar-refractivity contribution in [3.8, 4) is 0 Å². The van der Waals surface area contributed by atoms with Crippen LogP contribution in [0.1, 0.15) is 0 Å². The Morgan fingerprint density at radius 1 is 1.46 bits per heavy atom. The van der Waals surface area contributed by atoms with E-state index in [1.165, 1.54) is 5.69 Å². The zero-order valence-corrected chi connectivity index (χ0v) is 9.40. The number of nitrogens with zero attached hydrogens (tertiary/aromatic N) is 1. The summed E-state index contributed by atoms with van der Waals surface area (Å²) in [5.74, 6) is 0. The molecule has 0 aromatic heterocycles. The van der Waals surface area contributed by atoms with Gasteiger partial charge in [-0.1, -0.05) is 11.6 Å². The summed E-state index contributed by atoms with van der Waals surface area (Å²) >= 11 is 9.36. The van der Waals surface area contributed by atoms with E-state index in [9.17, 15) is 0 Å². The van der Waals surface area contributed by atoms with Crippen LogP contribution >= 0.6 is 27.5 Å². The fourth-order valence-electron chi connectivity index (χ4n) is 1.45. The molecule has 0 bridgehead atoms. The number of nitrogens with one attached hydrogen (secondary N) is 1. The van der Waals surface area contributed by atoms with Crippen molar-refractivity contribution in [3.63, 3.8) is 0 Å². The number of hydrogen-bond acceptors (Lipinski definition) is 2. The lowest BCUT2D eigenvalue weighted by Gasteiger charge is -2.18. The van der Waals surface area contributed by atoms with Gasteiger partial charge in [0.25, 0.3) is 0 Å². The Balaban J connectivity index is 2.29. The average Bonchev–Trinajstić information content (AvgIpc) is 2.56. The minimum absolute atomic E-state index is 0.766. The molecule has 4 heteroatoms. The Bertz CT molecular complexity index is 310. The monoisotopic (exact) mass is 260 g/mol. The molecule has 1 fully saturated rings. The van der Waals surface area contributed by atoms with Crippen molar-refractivity contribution < 1.29 is 0 Å². The molecule has 1 aromatic carbocycles. The summed E-state index contributed by atoms with van der Waals surface area (Å²) in [5.41, 5.74) is 1.20. The third-order valence-electron chi connectivity index (χ3n) is 2.11. The Labute approximate surface area is 91.0 Å². The van der Waals surface area contributed by atoms with Crippen LogP contribution in [0.4, 0.5) is 5.69 Å². The second kappa shape index (κ2) is 3.86. The highest BCUT2D eigenvalue weighted by Crippen LogP contribution is 2.29. The predicted octanol–water partition coefficient (Wildman–Crippen LogP) is 2.47. The van der Waals surface area contributed by atoms with Gasteiger partial charge in [-0.2, -0.15) is 0 Å². The molecular formula is C9H10BrClN2. The molecule has 1 heterocycles. The van der Waals surface area contributed by atoms with Crippen LogP contribution in [-0.2, 0) is 0 Å². The van der Waals surface area contributed by atoms with Crippen molar-refractivity contribution in [2.45, 2.75) is 0 Å². The molecule has 0 atom stereocenters. The molecule has 0 aliphatic carbocycles. The van der Waals surface area contributed by atoms with E-state index in [1.54, 1.807) is 0 Å². The van der Waals surface area contributed by atoms with E-state index in [4.69, 9.17) is 11.6 Å². The van der Waals surface area contributed by atoms with Gasteiger partial charge in [0, 0.05) is 22.6 Å². The van der Waals surface area contributed by atoms with Gasteiger partial charge >= 0.3 is 0 Å². The van der Waals surface area contributed by atoms with Gasteiger partial charge in [-0.15, -0.1) is 0 Å². The molecular weight excluding hydrogens is 251 g/mol. The van der Waals surface area contributed by atoms with Crippen molar-refractivity contribution in [2.24, 2.45) is 0 Å². The molecule has 1 N–H and O–H groups in total. The van der Waals surface area contributed by atoms with Crippen LogP contribution in [0.25, 0.3) is 0 Å². The van der Waals surface area contributed by atoms with E-state index in [-0.39, 0.29) is 0 Å². The smallest absolute Gasteiger partial charge is 0.0683 e. The first-order valence-electron chi connectivity index (χ1n) is 4.18. The van der Waals surface area contributed by atoms with E-state index < -0.39 is 0 Å². The minimum atomic E-state index is 0.766. The molecule has 2 nitrogen and oxygen atoms in total. The summed E-state index contributed by atoms with van der Waals surface area (Å²) < 4.78 is 1.06. The molecule has 70 valence electrons. The van der Waals surface area contributed by atoms with Crippen molar-refractivity contribution in [1.82, 2.24) is 5.32 Å². The molecule has 0 unspecified atom stereocenters. The highest BCUT2D eigenvalue weighted by Gasteiger charge is 2.13. The first-order chi connectivity index (χ1) is 6.27. The summed E-state index contributed by atoms with van der Waals surface area (Å²) in [4.78, 5) is 2.28. The van der Waals surface area contributed by atoms with Crippen LogP contribution < -0.4 is 10.2 Å². The third-order valence-corrected chi connectivity index (χ3v) is 2.98. The topological polar surface area (TPSA) is 15.3 Å². The molecule has 1 aromatic rings. The maximum absolute atomic E-state index is 5.86. The second-order valence-electron chi connectivity index (χ2n) is 3.02. The number of benzene rings is 1. The molecule has 0 amide bonds. The summed E-state index contributed by atoms with van der Waals surface area (Å²) in [5, 5.41) is 4.05. The Hall–Kier alpha value is -0.250. The minimum Gasteiger partial charge on any atom is -0.357 e. The normalized spacial score (nSPS) is 16.6. The highest BCUT2D eigenvalue weighted by molar-refractivity contribution is 9.10. The molecule has 1 saturated heterocycles. The fraction of sp³-hybridized carbons (Fsp3) is 0.333. The lowest BCUT2D eigenvalue weighted by Crippen LogP contribution is -2.21. The number of halogens is 2. The molecule has 1 aliphatic rings. The summed E-state index contributed by atoms with van der Waals surface area (Å²) in [7, 11) is 0. The number of rotatable bonds is 1. The third kappa shape index (κ3) is 1.98. The molecule has 2 rings (SSSR count).